The second kappa shape index (κ2) is 5.27. The Kier molecular flexibility index (Phi) is 3.52. The van der Waals surface area contributed by atoms with Crippen LogP contribution in [-0.4, -0.2) is 16.0 Å². The first kappa shape index (κ1) is 11.3. The molecule has 17 heavy (non-hydrogen) atoms. The minimum absolute atomic E-state index is 0.225. The number of aromatic nitrogens is 2. The summed E-state index contributed by atoms with van der Waals surface area (Å²) in [6, 6.07) is 8.69. The van der Waals surface area contributed by atoms with Gasteiger partial charge in [-0.05, 0) is 12.1 Å². The van der Waals surface area contributed by atoms with E-state index in [4.69, 9.17) is 11.6 Å². The summed E-state index contributed by atoms with van der Waals surface area (Å²) in [6.07, 6.45) is 2.80. The molecule has 0 fully saturated rings. The lowest BCUT2D eigenvalue weighted by Gasteiger charge is -2.06. The van der Waals surface area contributed by atoms with E-state index in [1.165, 1.54) is 12.4 Å². The van der Waals surface area contributed by atoms with E-state index in [0.29, 0.717) is 11.5 Å². The number of rotatable bonds is 2. The third-order valence-electron chi connectivity index (χ3n) is 1.88. The van der Waals surface area contributed by atoms with Gasteiger partial charge in [0.15, 0.2) is 5.82 Å². The van der Waals surface area contributed by atoms with E-state index in [1.807, 2.05) is 18.2 Å². The van der Waals surface area contributed by atoms with Crippen LogP contribution in [0.15, 0.2) is 42.7 Å². The molecule has 0 saturated carbocycles. The Morgan fingerprint density at radius 1 is 1.12 bits per heavy atom. The van der Waals surface area contributed by atoms with Crippen molar-refractivity contribution < 1.29 is 4.79 Å². The first-order chi connectivity index (χ1) is 8.24. The van der Waals surface area contributed by atoms with Gasteiger partial charge in [0.2, 0.25) is 0 Å². The molecule has 2 amide bonds. The number of anilines is 2. The lowest BCUT2D eigenvalue weighted by molar-refractivity contribution is 0.262. The van der Waals surface area contributed by atoms with Gasteiger partial charge in [-0.1, -0.05) is 29.8 Å². The Labute approximate surface area is 103 Å². The van der Waals surface area contributed by atoms with Crippen molar-refractivity contribution in [2.75, 3.05) is 10.6 Å². The molecule has 5 nitrogen and oxygen atoms in total. The SMILES string of the molecule is O=C(Nc1ccccc1)Nc1cncc(Cl)n1. The smallest absolute Gasteiger partial charge is 0.308 e. The van der Waals surface area contributed by atoms with Gasteiger partial charge >= 0.3 is 6.03 Å². The molecule has 0 atom stereocenters. The molecule has 1 aromatic carbocycles. The fourth-order valence-electron chi connectivity index (χ4n) is 1.20. The van der Waals surface area contributed by atoms with Gasteiger partial charge in [-0.2, -0.15) is 0 Å². The molecule has 1 heterocycles. The maximum Gasteiger partial charge on any atom is 0.324 e. The van der Waals surface area contributed by atoms with Crippen LogP contribution in [0, 0.1) is 0 Å². The Morgan fingerprint density at radius 3 is 2.59 bits per heavy atom. The predicted molar refractivity (Wildman–Crippen MR) is 66.1 cm³/mol. The summed E-state index contributed by atoms with van der Waals surface area (Å²) in [4.78, 5) is 19.3. The van der Waals surface area contributed by atoms with Crippen LogP contribution in [0.25, 0.3) is 0 Å². The third-order valence-corrected chi connectivity index (χ3v) is 2.06. The molecule has 6 heteroatoms. The number of benzene rings is 1. The van der Waals surface area contributed by atoms with Crippen molar-refractivity contribution in [2.24, 2.45) is 0 Å². The Morgan fingerprint density at radius 2 is 1.88 bits per heavy atom. The molecule has 86 valence electrons. The highest BCUT2D eigenvalue weighted by atomic mass is 35.5. The van der Waals surface area contributed by atoms with Crippen LogP contribution >= 0.6 is 11.6 Å². The molecule has 0 saturated heterocycles. The summed E-state index contributed by atoms with van der Waals surface area (Å²) in [5.74, 6) is 0.297. The third kappa shape index (κ3) is 3.42. The summed E-state index contributed by atoms with van der Waals surface area (Å²) >= 11 is 5.64. The standard InChI is InChI=1S/C11H9ClN4O/c12-9-6-13-7-10(15-9)16-11(17)14-8-4-2-1-3-5-8/h1-7H,(H2,14,15,16,17). The Balaban J connectivity index is 1.98. The van der Waals surface area contributed by atoms with Gasteiger partial charge in [0.1, 0.15) is 5.15 Å². The lowest BCUT2D eigenvalue weighted by atomic mass is 10.3. The van der Waals surface area contributed by atoms with E-state index in [9.17, 15) is 4.79 Å². The second-order valence-corrected chi connectivity index (χ2v) is 3.56. The van der Waals surface area contributed by atoms with Gasteiger partial charge in [-0.3, -0.25) is 10.3 Å². The first-order valence-electron chi connectivity index (χ1n) is 4.84. The highest BCUT2D eigenvalue weighted by molar-refractivity contribution is 6.29. The van der Waals surface area contributed by atoms with Crippen LogP contribution in [0.5, 0.6) is 0 Å². The monoisotopic (exact) mass is 248 g/mol. The van der Waals surface area contributed by atoms with Gasteiger partial charge in [-0.25, -0.2) is 9.78 Å². The summed E-state index contributed by atoms with van der Waals surface area (Å²) in [7, 11) is 0. The van der Waals surface area contributed by atoms with E-state index < -0.39 is 6.03 Å². The molecule has 0 bridgehead atoms. The van der Waals surface area contributed by atoms with Crippen LogP contribution in [-0.2, 0) is 0 Å². The molecule has 0 radical (unpaired) electrons. The summed E-state index contributed by atoms with van der Waals surface area (Å²) in [5.41, 5.74) is 0.694. The Bertz CT molecular complexity index is 518. The average Bonchev–Trinajstić information content (AvgIpc) is 2.30. The molecular weight excluding hydrogens is 240 g/mol. The highest BCUT2D eigenvalue weighted by Gasteiger charge is 2.03. The zero-order valence-corrected chi connectivity index (χ0v) is 9.48. The molecule has 1 aromatic heterocycles. The molecule has 2 rings (SSSR count). The van der Waals surface area contributed by atoms with Crippen LogP contribution in [0.4, 0.5) is 16.3 Å². The summed E-state index contributed by atoms with van der Waals surface area (Å²) in [5, 5.41) is 5.40. The predicted octanol–water partition coefficient (Wildman–Crippen LogP) is 2.77. The zero-order chi connectivity index (χ0) is 12.1. The molecular formula is C11H9ClN4O. The lowest BCUT2D eigenvalue weighted by Crippen LogP contribution is -2.20. The van der Waals surface area contributed by atoms with Crippen molar-refractivity contribution in [1.82, 2.24) is 9.97 Å². The van der Waals surface area contributed by atoms with Crippen LogP contribution in [0.2, 0.25) is 5.15 Å². The molecule has 0 spiro atoms. The van der Waals surface area contributed by atoms with Gasteiger partial charge in [-0.15, -0.1) is 0 Å². The normalized spacial score (nSPS) is 9.71. The fraction of sp³-hybridized carbons (Fsp3) is 0. The molecule has 0 unspecified atom stereocenters. The largest absolute Gasteiger partial charge is 0.324 e. The van der Waals surface area contributed by atoms with Crippen molar-refractivity contribution in [3.63, 3.8) is 0 Å². The highest BCUT2D eigenvalue weighted by Crippen LogP contribution is 2.08. The van der Waals surface area contributed by atoms with Gasteiger partial charge in [0, 0.05) is 5.69 Å². The maximum absolute atomic E-state index is 11.6. The van der Waals surface area contributed by atoms with Gasteiger partial charge in [0.25, 0.3) is 0 Å². The zero-order valence-electron chi connectivity index (χ0n) is 8.72. The van der Waals surface area contributed by atoms with E-state index in [-0.39, 0.29) is 5.15 Å². The van der Waals surface area contributed by atoms with Crippen molar-refractivity contribution in [3.05, 3.63) is 47.9 Å². The number of para-hydroxylation sites is 1. The van der Waals surface area contributed by atoms with Crippen molar-refractivity contribution in [2.45, 2.75) is 0 Å². The number of urea groups is 1. The molecule has 2 aromatic rings. The average molecular weight is 249 g/mol. The van der Waals surface area contributed by atoms with Gasteiger partial charge in [0.05, 0.1) is 12.4 Å². The van der Waals surface area contributed by atoms with Gasteiger partial charge < -0.3 is 5.32 Å². The van der Waals surface area contributed by atoms with Crippen LogP contribution in [0.3, 0.4) is 0 Å². The second-order valence-electron chi connectivity index (χ2n) is 3.17. The number of carbonyl (C=O) groups excluding carboxylic acids is 1. The number of nitrogens with zero attached hydrogens (tertiary/aromatic N) is 2. The van der Waals surface area contributed by atoms with Crippen LogP contribution in [0.1, 0.15) is 0 Å². The Hall–Kier alpha value is -2.14. The van der Waals surface area contributed by atoms with E-state index in [2.05, 4.69) is 20.6 Å². The minimum Gasteiger partial charge on any atom is -0.308 e. The summed E-state index contributed by atoms with van der Waals surface area (Å²) in [6.45, 7) is 0. The number of hydrogen-bond donors (Lipinski definition) is 2. The molecule has 0 aliphatic carbocycles. The number of carbonyl (C=O) groups is 1. The quantitative estimate of drug-likeness (QED) is 0.859. The first-order valence-corrected chi connectivity index (χ1v) is 5.22. The minimum atomic E-state index is -0.396. The number of halogens is 1. The number of hydrogen-bond acceptors (Lipinski definition) is 3. The molecule has 2 N–H and O–H groups in total. The van der Waals surface area contributed by atoms with E-state index >= 15 is 0 Å². The van der Waals surface area contributed by atoms with Crippen molar-refractivity contribution >= 4 is 29.1 Å². The fourth-order valence-corrected chi connectivity index (χ4v) is 1.35. The number of amides is 2. The summed E-state index contributed by atoms with van der Waals surface area (Å²) < 4.78 is 0. The number of nitrogens with one attached hydrogen (secondary N) is 2. The van der Waals surface area contributed by atoms with Crippen molar-refractivity contribution in [1.29, 1.82) is 0 Å². The maximum atomic E-state index is 11.6. The van der Waals surface area contributed by atoms with Crippen molar-refractivity contribution in [3.8, 4) is 0 Å². The van der Waals surface area contributed by atoms with E-state index in [1.54, 1.807) is 12.1 Å². The van der Waals surface area contributed by atoms with Crippen LogP contribution < -0.4 is 10.6 Å². The van der Waals surface area contributed by atoms with E-state index in [0.717, 1.165) is 0 Å². The molecule has 0 aliphatic rings. The molecule has 0 aliphatic heterocycles. The topological polar surface area (TPSA) is 66.9 Å².